The van der Waals surface area contributed by atoms with Crippen molar-refractivity contribution in [2.45, 2.75) is 13.3 Å². The van der Waals surface area contributed by atoms with Crippen LogP contribution in [0.3, 0.4) is 0 Å². The van der Waals surface area contributed by atoms with Crippen LogP contribution in [0.15, 0.2) is 18.2 Å². The summed E-state index contributed by atoms with van der Waals surface area (Å²) in [6, 6.07) is 6.44. The van der Waals surface area contributed by atoms with Gasteiger partial charge in [0.2, 0.25) is 0 Å². The molecule has 0 bridgehead atoms. The van der Waals surface area contributed by atoms with Gasteiger partial charge in [0, 0.05) is 12.2 Å². The van der Waals surface area contributed by atoms with Crippen molar-refractivity contribution in [2.75, 3.05) is 11.9 Å². The van der Waals surface area contributed by atoms with Crippen molar-refractivity contribution in [3.63, 3.8) is 0 Å². The van der Waals surface area contributed by atoms with Gasteiger partial charge in [-0.3, -0.25) is 0 Å². The zero-order valence-corrected chi connectivity index (χ0v) is 8.63. The Bertz CT molecular complexity index is 409. The summed E-state index contributed by atoms with van der Waals surface area (Å²) in [4.78, 5) is 0. The zero-order valence-electron chi connectivity index (χ0n) is 8.63. The zero-order chi connectivity index (χ0) is 10.8. The number of halogens is 1. The number of hydrogen-bond acceptors (Lipinski definition) is 2. The highest BCUT2D eigenvalue weighted by Gasteiger charge is 2.31. The van der Waals surface area contributed by atoms with E-state index in [-0.39, 0.29) is 5.56 Å². The van der Waals surface area contributed by atoms with E-state index in [1.54, 1.807) is 12.1 Å². The van der Waals surface area contributed by atoms with E-state index in [0.717, 1.165) is 24.1 Å². The molecular weight excluding hydrogens is 191 g/mol. The van der Waals surface area contributed by atoms with Gasteiger partial charge in [0.15, 0.2) is 0 Å². The Morgan fingerprint density at radius 1 is 1.60 bits per heavy atom. The van der Waals surface area contributed by atoms with Gasteiger partial charge in [0.05, 0.1) is 5.56 Å². The molecule has 0 aliphatic heterocycles. The normalized spacial score (nSPS) is 23.3. The van der Waals surface area contributed by atoms with Gasteiger partial charge < -0.3 is 5.32 Å². The third kappa shape index (κ3) is 2.27. The molecule has 0 amide bonds. The topological polar surface area (TPSA) is 35.8 Å². The SMILES string of the molecule is CC1CC1CNc1ccc(C#N)c(F)c1. The van der Waals surface area contributed by atoms with Gasteiger partial charge in [0.1, 0.15) is 11.9 Å². The van der Waals surface area contributed by atoms with Crippen LogP contribution in [0.2, 0.25) is 0 Å². The van der Waals surface area contributed by atoms with Crippen molar-refractivity contribution in [1.82, 2.24) is 0 Å². The van der Waals surface area contributed by atoms with E-state index in [2.05, 4.69) is 12.2 Å². The van der Waals surface area contributed by atoms with Crippen LogP contribution in [0.1, 0.15) is 18.9 Å². The Morgan fingerprint density at radius 3 is 2.87 bits per heavy atom. The number of nitrogens with zero attached hydrogens (tertiary/aromatic N) is 1. The molecule has 0 spiro atoms. The second-order valence-corrected chi connectivity index (χ2v) is 4.16. The fraction of sp³-hybridized carbons (Fsp3) is 0.417. The average Bonchev–Trinajstić information content (AvgIpc) is 2.92. The van der Waals surface area contributed by atoms with Crippen LogP contribution in [0, 0.1) is 29.0 Å². The highest BCUT2D eigenvalue weighted by atomic mass is 19.1. The van der Waals surface area contributed by atoms with Crippen LogP contribution >= 0.6 is 0 Å². The maximum absolute atomic E-state index is 13.2. The second-order valence-electron chi connectivity index (χ2n) is 4.16. The van der Waals surface area contributed by atoms with Gasteiger partial charge in [-0.25, -0.2) is 4.39 Å². The Morgan fingerprint density at radius 2 is 2.33 bits per heavy atom. The number of nitriles is 1. The van der Waals surface area contributed by atoms with Gasteiger partial charge in [0.25, 0.3) is 0 Å². The Balaban J connectivity index is 1.97. The fourth-order valence-electron chi connectivity index (χ4n) is 1.65. The predicted molar refractivity (Wildman–Crippen MR) is 56.9 cm³/mol. The molecule has 0 radical (unpaired) electrons. The van der Waals surface area contributed by atoms with Crippen molar-refractivity contribution < 1.29 is 4.39 Å². The predicted octanol–water partition coefficient (Wildman–Crippen LogP) is 2.77. The maximum Gasteiger partial charge on any atom is 0.143 e. The summed E-state index contributed by atoms with van der Waals surface area (Å²) < 4.78 is 13.2. The van der Waals surface area contributed by atoms with Crippen molar-refractivity contribution in [3.8, 4) is 6.07 Å². The minimum absolute atomic E-state index is 0.0975. The molecule has 0 saturated heterocycles. The summed E-state index contributed by atoms with van der Waals surface area (Å²) in [5.41, 5.74) is 0.853. The lowest BCUT2D eigenvalue weighted by Crippen LogP contribution is -2.04. The fourth-order valence-corrected chi connectivity index (χ4v) is 1.65. The van der Waals surface area contributed by atoms with Crippen LogP contribution in [0.5, 0.6) is 0 Å². The van der Waals surface area contributed by atoms with E-state index in [1.807, 2.05) is 0 Å². The quantitative estimate of drug-likeness (QED) is 0.821. The van der Waals surface area contributed by atoms with Crippen molar-refractivity contribution >= 4 is 5.69 Å². The molecule has 78 valence electrons. The van der Waals surface area contributed by atoms with Crippen molar-refractivity contribution in [2.24, 2.45) is 11.8 Å². The lowest BCUT2D eigenvalue weighted by atomic mass is 10.2. The van der Waals surface area contributed by atoms with E-state index >= 15 is 0 Å². The third-order valence-corrected chi connectivity index (χ3v) is 2.93. The number of anilines is 1. The molecular formula is C12H13FN2. The molecule has 0 heterocycles. The molecule has 2 unspecified atom stereocenters. The van der Waals surface area contributed by atoms with Gasteiger partial charge in [-0.1, -0.05) is 6.92 Å². The molecule has 1 aromatic rings. The smallest absolute Gasteiger partial charge is 0.143 e. The largest absolute Gasteiger partial charge is 0.385 e. The van der Waals surface area contributed by atoms with Crippen LogP contribution in [-0.4, -0.2) is 6.54 Å². The summed E-state index contributed by atoms with van der Waals surface area (Å²) in [7, 11) is 0. The highest BCUT2D eigenvalue weighted by molar-refractivity contribution is 5.48. The van der Waals surface area contributed by atoms with Gasteiger partial charge in [-0.2, -0.15) is 5.26 Å². The van der Waals surface area contributed by atoms with E-state index < -0.39 is 5.82 Å². The van der Waals surface area contributed by atoms with Crippen LogP contribution in [0.25, 0.3) is 0 Å². The second kappa shape index (κ2) is 3.90. The minimum atomic E-state index is -0.452. The summed E-state index contributed by atoms with van der Waals surface area (Å²) in [5.74, 6) is 1.07. The third-order valence-electron chi connectivity index (χ3n) is 2.93. The molecule has 15 heavy (non-hydrogen) atoms. The lowest BCUT2D eigenvalue weighted by Gasteiger charge is -2.05. The number of nitrogens with one attached hydrogen (secondary N) is 1. The summed E-state index contributed by atoms with van der Waals surface area (Å²) in [5, 5.41) is 11.7. The van der Waals surface area contributed by atoms with E-state index in [1.165, 1.54) is 18.6 Å². The molecule has 2 rings (SSSR count). The summed E-state index contributed by atoms with van der Waals surface area (Å²) in [6.45, 7) is 3.11. The first kappa shape index (κ1) is 9.97. The monoisotopic (exact) mass is 204 g/mol. The molecule has 1 fully saturated rings. The number of rotatable bonds is 3. The highest BCUT2D eigenvalue weighted by Crippen LogP contribution is 2.37. The molecule has 1 aliphatic carbocycles. The van der Waals surface area contributed by atoms with Gasteiger partial charge >= 0.3 is 0 Å². The first-order chi connectivity index (χ1) is 7.20. The molecule has 1 aromatic carbocycles. The molecule has 0 aromatic heterocycles. The first-order valence-electron chi connectivity index (χ1n) is 5.14. The molecule has 1 saturated carbocycles. The summed E-state index contributed by atoms with van der Waals surface area (Å²) >= 11 is 0. The van der Waals surface area contributed by atoms with E-state index in [9.17, 15) is 4.39 Å². The molecule has 3 heteroatoms. The van der Waals surface area contributed by atoms with Crippen LogP contribution < -0.4 is 5.32 Å². The number of hydrogen-bond donors (Lipinski definition) is 1. The Hall–Kier alpha value is -1.56. The summed E-state index contributed by atoms with van der Waals surface area (Å²) in [6.07, 6.45) is 1.26. The molecule has 1 aliphatic rings. The first-order valence-corrected chi connectivity index (χ1v) is 5.14. The Kier molecular flexibility index (Phi) is 2.59. The standard InChI is InChI=1S/C12H13FN2/c1-8-4-10(8)7-15-11-3-2-9(6-14)12(13)5-11/h2-3,5,8,10,15H,4,7H2,1H3. The Labute approximate surface area is 88.7 Å². The van der Waals surface area contributed by atoms with E-state index in [0.29, 0.717) is 0 Å². The van der Waals surface area contributed by atoms with Gasteiger partial charge in [-0.05, 0) is 36.5 Å². The lowest BCUT2D eigenvalue weighted by molar-refractivity contribution is 0.624. The average molecular weight is 204 g/mol. The molecule has 1 N–H and O–H groups in total. The van der Waals surface area contributed by atoms with Crippen molar-refractivity contribution in [1.29, 1.82) is 5.26 Å². The molecule has 2 nitrogen and oxygen atoms in total. The van der Waals surface area contributed by atoms with Crippen molar-refractivity contribution in [3.05, 3.63) is 29.6 Å². The molecule has 2 atom stereocenters. The van der Waals surface area contributed by atoms with E-state index in [4.69, 9.17) is 5.26 Å². The maximum atomic E-state index is 13.2. The van der Waals surface area contributed by atoms with Crippen LogP contribution in [0.4, 0.5) is 10.1 Å². The number of benzene rings is 1. The van der Waals surface area contributed by atoms with Crippen LogP contribution in [-0.2, 0) is 0 Å². The van der Waals surface area contributed by atoms with Gasteiger partial charge in [-0.15, -0.1) is 0 Å². The minimum Gasteiger partial charge on any atom is -0.385 e.